The lowest BCUT2D eigenvalue weighted by molar-refractivity contribution is 0.103. The van der Waals surface area contributed by atoms with Crippen LogP contribution < -0.4 is 9.62 Å². The molecule has 1 aromatic heterocycles. The van der Waals surface area contributed by atoms with Gasteiger partial charge in [-0.3, -0.25) is 14.1 Å². The summed E-state index contributed by atoms with van der Waals surface area (Å²) in [5.74, 6) is -0.333. The van der Waals surface area contributed by atoms with Crippen LogP contribution in [0.4, 0.5) is 11.4 Å². The first-order chi connectivity index (χ1) is 12.4. The molecule has 0 aliphatic rings. The predicted octanol–water partition coefficient (Wildman–Crippen LogP) is 3.46. The van der Waals surface area contributed by atoms with Gasteiger partial charge in [-0.25, -0.2) is 8.42 Å². The standard InChI is InChI=1S/C18H17N3O3S2/c1-21(26(2,23)24)16-9-8-14(13-6-4-3-5-7-13)10-15(16)20-18(22)17-11-19-12-25-17/h3-12H,1-2H3,(H,20,22). The predicted molar refractivity (Wildman–Crippen MR) is 105 cm³/mol. The summed E-state index contributed by atoms with van der Waals surface area (Å²) < 4.78 is 25.1. The molecule has 2 aromatic carbocycles. The van der Waals surface area contributed by atoms with Crippen molar-refractivity contribution in [3.63, 3.8) is 0 Å². The molecule has 0 saturated carbocycles. The fraction of sp³-hybridized carbons (Fsp3) is 0.111. The largest absolute Gasteiger partial charge is 0.319 e. The Morgan fingerprint density at radius 3 is 2.46 bits per heavy atom. The van der Waals surface area contributed by atoms with Gasteiger partial charge in [-0.05, 0) is 23.3 Å². The Bertz CT molecular complexity index is 1020. The number of carbonyl (C=O) groups excluding carboxylic acids is 1. The van der Waals surface area contributed by atoms with E-state index in [1.807, 2.05) is 36.4 Å². The van der Waals surface area contributed by atoms with Crippen LogP contribution in [0.25, 0.3) is 11.1 Å². The lowest BCUT2D eigenvalue weighted by Gasteiger charge is -2.21. The molecule has 3 aromatic rings. The molecular weight excluding hydrogens is 370 g/mol. The summed E-state index contributed by atoms with van der Waals surface area (Å²) in [5.41, 5.74) is 4.21. The number of hydrogen-bond donors (Lipinski definition) is 1. The summed E-state index contributed by atoms with van der Waals surface area (Å²) in [6, 6.07) is 14.9. The minimum atomic E-state index is -3.47. The van der Waals surface area contributed by atoms with Crippen LogP contribution in [0.5, 0.6) is 0 Å². The molecule has 134 valence electrons. The maximum atomic E-state index is 12.4. The number of amides is 1. The molecular formula is C18H17N3O3S2. The van der Waals surface area contributed by atoms with Crippen molar-refractivity contribution >= 4 is 38.6 Å². The second-order valence-corrected chi connectivity index (χ2v) is 8.55. The second kappa shape index (κ2) is 7.27. The first-order valence-electron chi connectivity index (χ1n) is 7.69. The van der Waals surface area contributed by atoms with Gasteiger partial charge in [-0.15, -0.1) is 11.3 Å². The van der Waals surface area contributed by atoms with Crippen molar-refractivity contribution < 1.29 is 13.2 Å². The summed E-state index contributed by atoms with van der Waals surface area (Å²) in [7, 11) is -2.02. The molecule has 0 fully saturated rings. The number of nitrogens with zero attached hydrogens (tertiary/aromatic N) is 2. The zero-order valence-electron chi connectivity index (χ0n) is 14.2. The lowest BCUT2D eigenvalue weighted by Crippen LogP contribution is -2.26. The zero-order chi connectivity index (χ0) is 18.7. The van der Waals surface area contributed by atoms with E-state index in [1.54, 1.807) is 17.6 Å². The fourth-order valence-corrected chi connectivity index (χ4v) is 3.44. The summed E-state index contributed by atoms with van der Waals surface area (Å²) in [5, 5.41) is 2.80. The molecule has 0 radical (unpaired) electrons. The van der Waals surface area contributed by atoms with Crippen LogP contribution >= 0.6 is 11.3 Å². The Balaban J connectivity index is 2.05. The van der Waals surface area contributed by atoms with Gasteiger partial charge in [-0.1, -0.05) is 36.4 Å². The van der Waals surface area contributed by atoms with Crippen molar-refractivity contribution in [1.82, 2.24) is 4.98 Å². The monoisotopic (exact) mass is 387 g/mol. The molecule has 6 nitrogen and oxygen atoms in total. The van der Waals surface area contributed by atoms with Crippen LogP contribution in [0.3, 0.4) is 0 Å². The number of aromatic nitrogens is 1. The minimum absolute atomic E-state index is 0.333. The third kappa shape index (κ3) is 3.92. The molecule has 26 heavy (non-hydrogen) atoms. The van der Waals surface area contributed by atoms with Crippen molar-refractivity contribution in [2.24, 2.45) is 0 Å². The number of rotatable bonds is 5. The topological polar surface area (TPSA) is 79.4 Å². The summed E-state index contributed by atoms with van der Waals surface area (Å²) in [4.78, 5) is 16.8. The summed E-state index contributed by atoms with van der Waals surface area (Å²) >= 11 is 1.22. The smallest absolute Gasteiger partial charge is 0.267 e. The number of hydrogen-bond acceptors (Lipinski definition) is 5. The average Bonchev–Trinajstić information content (AvgIpc) is 3.16. The van der Waals surface area contributed by atoms with Gasteiger partial charge in [0.1, 0.15) is 4.88 Å². The van der Waals surface area contributed by atoms with Gasteiger partial charge >= 0.3 is 0 Å². The van der Waals surface area contributed by atoms with Gasteiger partial charge < -0.3 is 5.32 Å². The molecule has 0 aliphatic carbocycles. The highest BCUT2D eigenvalue weighted by Gasteiger charge is 2.19. The van der Waals surface area contributed by atoms with E-state index >= 15 is 0 Å². The molecule has 8 heteroatoms. The van der Waals surface area contributed by atoms with E-state index in [1.165, 1.54) is 24.6 Å². The van der Waals surface area contributed by atoms with E-state index in [4.69, 9.17) is 0 Å². The molecule has 3 rings (SSSR count). The quantitative estimate of drug-likeness (QED) is 0.727. The van der Waals surface area contributed by atoms with Crippen molar-refractivity contribution in [3.8, 4) is 11.1 Å². The number of anilines is 2. The fourth-order valence-electron chi connectivity index (χ4n) is 2.41. The number of nitrogens with one attached hydrogen (secondary N) is 1. The van der Waals surface area contributed by atoms with Crippen molar-refractivity contribution in [3.05, 3.63) is 65.1 Å². The number of thiazole rings is 1. The molecule has 0 spiro atoms. The third-order valence-electron chi connectivity index (χ3n) is 3.84. The Morgan fingerprint density at radius 2 is 1.85 bits per heavy atom. The molecule has 0 unspecified atom stereocenters. The lowest BCUT2D eigenvalue weighted by atomic mass is 10.0. The van der Waals surface area contributed by atoms with Gasteiger partial charge in [0.15, 0.2) is 0 Å². The van der Waals surface area contributed by atoms with E-state index < -0.39 is 10.0 Å². The average molecular weight is 387 g/mol. The molecule has 0 bridgehead atoms. The van der Waals surface area contributed by atoms with Crippen molar-refractivity contribution in [2.75, 3.05) is 22.9 Å². The second-order valence-electron chi connectivity index (χ2n) is 5.65. The Labute approximate surface area is 156 Å². The first-order valence-corrected chi connectivity index (χ1v) is 10.4. The van der Waals surface area contributed by atoms with Gasteiger partial charge in [0.05, 0.1) is 29.3 Å². The van der Waals surface area contributed by atoms with Gasteiger partial charge in [-0.2, -0.15) is 0 Å². The van der Waals surface area contributed by atoms with Gasteiger partial charge in [0.25, 0.3) is 5.91 Å². The van der Waals surface area contributed by atoms with Crippen LogP contribution in [0.15, 0.2) is 60.2 Å². The number of carbonyl (C=O) groups is 1. The van der Waals surface area contributed by atoms with E-state index in [-0.39, 0.29) is 5.91 Å². The first kappa shape index (κ1) is 18.1. The van der Waals surface area contributed by atoms with E-state index in [0.717, 1.165) is 21.7 Å². The third-order valence-corrected chi connectivity index (χ3v) is 5.81. The highest BCUT2D eigenvalue weighted by atomic mass is 32.2. The summed E-state index contributed by atoms with van der Waals surface area (Å²) in [6.07, 6.45) is 2.59. The number of benzene rings is 2. The highest BCUT2D eigenvalue weighted by molar-refractivity contribution is 7.92. The number of sulfonamides is 1. The minimum Gasteiger partial charge on any atom is -0.319 e. The molecule has 1 N–H and O–H groups in total. The molecule has 0 saturated heterocycles. The normalized spacial score (nSPS) is 11.2. The Morgan fingerprint density at radius 1 is 1.12 bits per heavy atom. The van der Waals surface area contributed by atoms with Crippen molar-refractivity contribution in [2.45, 2.75) is 0 Å². The Kier molecular flexibility index (Phi) is 5.06. The maximum Gasteiger partial charge on any atom is 0.267 e. The van der Waals surface area contributed by atoms with Crippen LogP contribution in [-0.4, -0.2) is 32.6 Å². The molecule has 1 heterocycles. The van der Waals surface area contributed by atoms with E-state index in [0.29, 0.717) is 16.3 Å². The molecule has 0 aliphatic heterocycles. The van der Waals surface area contributed by atoms with Crippen molar-refractivity contribution in [1.29, 1.82) is 0 Å². The Hall–Kier alpha value is -2.71. The van der Waals surface area contributed by atoms with E-state index in [2.05, 4.69) is 10.3 Å². The van der Waals surface area contributed by atoms with Crippen LogP contribution in [0.2, 0.25) is 0 Å². The zero-order valence-corrected chi connectivity index (χ0v) is 15.8. The van der Waals surface area contributed by atoms with E-state index in [9.17, 15) is 13.2 Å². The SMILES string of the molecule is CN(c1ccc(-c2ccccc2)cc1NC(=O)c1cncs1)S(C)(=O)=O. The van der Waals surface area contributed by atoms with Crippen LogP contribution in [0.1, 0.15) is 9.67 Å². The van der Waals surface area contributed by atoms with Gasteiger partial charge in [0, 0.05) is 7.05 Å². The van der Waals surface area contributed by atoms with Gasteiger partial charge in [0.2, 0.25) is 10.0 Å². The highest BCUT2D eigenvalue weighted by Crippen LogP contribution is 2.32. The molecule has 0 atom stereocenters. The maximum absolute atomic E-state index is 12.4. The molecule has 1 amide bonds. The summed E-state index contributed by atoms with van der Waals surface area (Å²) in [6.45, 7) is 0. The van der Waals surface area contributed by atoms with Crippen LogP contribution in [0, 0.1) is 0 Å². The van der Waals surface area contributed by atoms with Crippen LogP contribution in [-0.2, 0) is 10.0 Å².